The summed E-state index contributed by atoms with van der Waals surface area (Å²) in [5, 5.41) is 10.2. The van der Waals surface area contributed by atoms with Crippen molar-refractivity contribution in [1.29, 1.82) is 0 Å². The van der Waals surface area contributed by atoms with Crippen LogP contribution in [-0.2, 0) is 0 Å². The van der Waals surface area contributed by atoms with Crippen molar-refractivity contribution < 1.29 is 14.6 Å². The summed E-state index contributed by atoms with van der Waals surface area (Å²) in [5.74, 6) is 1.47. The van der Waals surface area contributed by atoms with Crippen molar-refractivity contribution >= 4 is 0 Å². The minimum atomic E-state index is -0.501. The van der Waals surface area contributed by atoms with Crippen LogP contribution in [0.2, 0.25) is 0 Å². The Morgan fingerprint density at radius 3 is 2.78 bits per heavy atom. The van der Waals surface area contributed by atoms with Gasteiger partial charge in [-0.3, -0.25) is 0 Å². The van der Waals surface area contributed by atoms with E-state index in [-0.39, 0.29) is 6.79 Å². The molecule has 0 spiro atoms. The lowest BCUT2D eigenvalue weighted by Crippen LogP contribution is -2.32. The summed E-state index contributed by atoms with van der Waals surface area (Å²) in [7, 11) is 2.03. The molecule has 1 aromatic rings. The molecule has 0 radical (unpaired) electrons. The zero-order valence-corrected chi connectivity index (χ0v) is 11.2. The van der Waals surface area contributed by atoms with E-state index in [1.807, 2.05) is 25.2 Å². The van der Waals surface area contributed by atoms with Crippen LogP contribution < -0.4 is 9.47 Å². The first kappa shape index (κ1) is 13.2. The summed E-state index contributed by atoms with van der Waals surface area (Å²) in [6, 6.07) is 6.07. The van der Waals surface area contributed by atoms with E-state index in [0.29, 0.717) is 12.6 Å². The first-order valence-corrected chi connectivity index (χ1v) is 6.39. The number of hydrogen-bond donors (Lipinski definition) is 1. The van der Waals surface area contributed by atoms with Gasteiger partial charge in [0.1, 0.15) is 0 Å². The molecule has 2 rings (SSSR count). The third kappa shape index (κ3) is 2.76. The Balaban J connectivity index is 2.03. The Morgan fingerprint density at radius 2 is 2.06 bits per heavy atom. The summed E-state index contributed by atoms with van der Waals surface area (Å²) in [6.45, 7) is 5.19. The molecule has 0 aliphatic carbocycles. The zero-order valence-electron chi connectivity index (χ0n) is 11.2. The van der Waals surface area contributed by atoms with Crippen LogP contribution in [0.5, 0.6) is 11.5 Å². The molecule has 1 aliphatic heterocycles. The van der Waals surface area contributed by atoms with E-state index in [1.54, 1.807) is 0 Å². The summed E-state index contributed by atoms with van der Waals surface area (Å²) >= 11 is 0. The lowest BCUT2D eigenvalue weighted by molar-refractivity contribution is 0.107. The van der Waals surface area contributed by atoms with Gasteiger partial charge in [0.15, 0.2) is 11.5 Å². The maximum Gasteiger partial charge on any atom is 0.231 e. The van der Waals surface area contributed by atoms with Crippen LogP contribution >= 0.6 is 0 Å². The number of aliphatic hydroxyl groups is 1. The van der Waals surface area contributed by atoms with Crippen LogP contribution in [0, 0.1) is 0 Å². The summed E-state index contributed by atoms with van der Waals surface area (Å²) in [4.78, 5) is 2.16. The first-order chi connectivity index (χ1) is 8.61. The molecule has 100 valence electrons. The molecular formula is C14H21NO3. The van der Waals surface area contributed by atoms with Crippen LogP contribution in [0.3, 0.4) is 0 Å². The molecule has 0 saturated heterocycles. The molecule has 0 amide bonds. The fourth-order valence-corrected chi connectivity index (χ4v) is 1.99. The molecular weight excluding hydrogens is 230 g/mol. The van der Waals surface area contributed by atoms with E-state index >= 15 is 0 Å². The lowest BCUT2D eigenvalue weighted by Gasteiger charge is -2.26. The van der Waals surface area contributed by atoms with Gasteiger partial charge in [0, 0.05) is 12.6 Å². The van der Waals surface area contributed by atoms with Gasteiger partial charge in [-0.05, 0) is 38.1 Å². The minimum Gasteiger partial charge on any atom is -0.454 e. The monoisotopic (exact) mass is 251 g/mol. The number of rotatable bonds is 5. The van der Waals surface area contributed by atoms with Crippen LogP contribution in [0.4, 0.5) is 0 Å². The van der Waals surface area contributed by atoms with Gasteiger partial charge in [-0.1, -0.05) is 13.0 Å². The number of hydrogen-bond acceptors (Lipinski definition) is 4. The van der Waals surface area contributed by atoms with Gasteiger partial charge in [-0.2, -0.15) is 0 Å². The predicted molar refractivity (Wildman–Crippen MR) is 69.9 cm³/mol. The molecule has 1 N–H and O–H groups in total. The van der Waals surface area contributed by atoms with E-state index in [0.717, 1.165) is 23.5 Å². The zero-order chi connectivity index (χ0) is 13.1. The second-order valence-corrected chi connectivity index (χ2v) is 4.83. The molecule has 1 aromatic carbocycles. The van der Waals surface area contributed by atoms with Crippen molar-refractivity contribution in [3.63, 3.8) is 0 Å². The van der Waals surface area contributed by atoms with E-state index in [4.69, 9.17) is 9.47 Å². The van der Waals surface area contributed by atoms with Crippen molar-refractivity contribution in [2.75, 3.05) is 20.4 Å². The van der Waals surface area contributed by atoms with Crippen LogP contribution in [0.25, 0.3) is 0 Å². The number of nitrogens with zero attached hydrogens (tertiary/aromatic N) is 1. The van der Waals surface area contributed by atoms with Crippen LogP contribution in [0.1, 0.15) is 31.9 Å². The van der Waals surface area contributed by atoms with Gasteiger partial charge in [-0.15, -0.1) is 0 Å². The standard InChI is InChI=1S/C14H21NO3/c1-4-10(2)15(3)8-12(16)11-5-6-13-14(7-11)18-9-17-13/h5-7,10,12,16H,4,8-9H2,1-3H3. The average Bonchev–Trinajstić information content (AvgIpc) is 2.84. The quantitative estimate of drug-likeness (QED) is 0.871. The number of aliphatic hydroxyl groups excluding tert-OH is 1. The summed E-state index contributed by atoms with van der Waals surface area (Å²) < 4.78 is 10.6. The highest BCUT2D eigenvalue weighted by atomic mass is 16.7. The van der Waals surface area contributed by atoms with Gasteiger partial charge in [0.2, 0.25) is 6.79 Å². The molecule has 0 aromatic heterocycles. The molecule has 4 nitrogen and oxygen atoms in total. The number of ether oxygens (including phenoxy) is 2. The highest BCUT2D eigenvalue weighted by Gasteiger charge is 2.18. The second kappa shape index (κ2) is 5.59. The summed E-state index contributed by atoms with van der Waals surface area (Å²) in [6.07, 6.45) is 0.572. The molecule has 0 fully saturated rings. The van der Waals surface area contributed by atoms with Crippen molar-refractivity contribution in [3.8, 4) is 11.5 Å². The first-order valence-electron chi connectivity index (χ1n) is 6.39. The van der Waals surface area contributed by atoms with Crippen molar-refractivity contribution in [1.82, 2.24) is 4.90 Å². The Hall–Kier alpha value is -1.26. The minimum absolute atomic E-state index is 0.266. The van der Waals surface area contributed by atoms with Gasteiger partial charge < -0.3 is 19.5 Å². The van der Waals surface area contributed by atoms with Crippen LogP contribution in [-0.4, -0.2) is 36.4 Å². The number of benzene rings is 1. The Labute approximate surface area is 108 Å². The molecule has 1 heterocycles. The maximum absolute atomic E-state index is 10.2. The van der Waals surface area contributed by atoms with E-state index < -0.39 is 6.10 Å². The topological polar surface area (TPSA) is 41.9 Å². The normalized spacial score (nSPS) is 16.9. The van der Waals surface area contributed by atoms with Gasteiger partial charge in [-0.25, -0.2) is 0 Å². The van der Waals surface area contributed by atoms with E-state index in [2.05, 4.69) is 18.7 Å². The van der Waals surface area contributed by atoms with Crippen LogP contribution in [0.15, 0.2) is 18.2 Å². The van der Waals surface area contributed by atoms with Crippen molar-refractivity contribution in [2.24, 2.45) is 0 Å². The Morgan fingerprint density at radius 1 is 1.33 bits per heavy atom. The summed E-state index contributed by atoms with van der Waals surface area (Å²) in [5.41, 5.74) is 0.870. The van der Waals surface area contributed by atoms with E-state index in [9.17, 15) is 5.11 Å². The Kier molecular flexibility index (Phi) is 4.09. The van der Waals surface area contributed by atoms with Crippen molar-refractivity contribution in [2.45, 2.75) is 32.4 Å². The SMILES string of the molecule is CCC(C)N(C)CC(O)c1ccc2c(c1)OCO2. The Bertz CT molecular complexity index is 408. The number of fused-ring (bicyclic) bond motifs is 1. The second-order valence-electron chi connectivity index (χ2n) is 4.83. The molecule has 4 heteroatoms. The van der Waals surface area contributed by atoms with Gasteiger partial charge in [0.25, 0.3) is 0 Å². The third-order valence-electron chi connectivity index (χ3n) is 3.59. The third-order valence-corrected chi connectivity index (χ3v) is 3.59. The van der Waals surface area contributed by atoms with E-state index in [1.165, 1.54) is 0 Å². The highest BCUT2D eigenvalue weighted by Crippen LogP contribution is 2.34. The number of likely N-dealkylation sites (N-methyl/N-ethyl adjacent to an activating group) is 1. The molecule has 2 atom stereocenters. The fraction of sp³-hybridized carbons (Fsp3) is 0.571. The maximum atomic E-state index is 10.2. The fourth-order valence-electron chi connectivity index (χ4n) is 1.99. The largest absolute Gasteiger partial charge is 0.454 e. The van der Waals surface area contributed by atoms with Crippen molar-refractivity contribution in [3.05, 3.63) is 23.8 Å². The molecule has 0 bridgehead atoms. The molecule has 18 heavy (non-hydrogen) atoms. The predicted octanol–water partition coefficient (Wildman–Crippen LogP) is 2.18. The molecule has 1 aliphatic rings. The smallest absolute Gasteiger partial charge is 0.231 e. The highest BCUT2D eigenvalue weighted by molar-refractivity contribution is 5.45. The molecule has 2 unspecified atom stereocenters. The molecule has 0 saturated carbocycles. The van der Waals surface area contributed by atoms with Gasteiger partial charge in [0.05, 0.1) is 6.10 Å². The lowest BCUT2D eigenvalue weighted by atomic mass is 10.1. The van der Waals surface area contributed by atoms with Gasteiger partial charge >= 0.3 is 0 Å². The average molecular weight is 251 g/mol.